The van der Waals surface area contributed by atoms with Crippen LogP contribution in [0.25, 0.3) is 0 Å². The lowest BCUT2D eigenvalue weighted by Gasteiger charge is -2.38. The highest BCUT2D eigenvalue weighted by atomic mass is 16.5. The van der Waals surface area contributed by atoms with E-state index in [4.69, 9.17) is 4.74 Å². The summed E-state index contributed by atoms with van der Waals surface area (Å²) >= 11 is 0. The van der Waals surface area contributed by atoms with Crippen LogP contribution in [-0.2, 0) is 9.53 Å². The number of hydrogen-bond acceptors (Lipinski definition) is 5. The summed E-state index contributed by atoms with van der Waals surface area (Å²) in [7, 11) is 0. The van der Waals surface area contributed by atoms with Crippen molar-refractivity contribution in [3.63, 3.8) is 0 Å². The molecule has 34 heavy (non-hydrogen) atoms. The fourth-order valence-corrected chi connectivity index (χ4v) is 4.44. The molecule has 1 saturated heterocycles. The van der Waals surface area contributed by atoms with Crippen molar-refractivity contribution in [3.05, 3.63) is 47.2 Å². The smallest absolute Gasteiger partial charge is 0.338 e. The fourth-order valence-electron chi connectivity index (χ4n) is 4.44. The lowest BCUT2D eigenvalue weighted by molar-refractivity contribution is -0.139. The predicted octanol–water partition coefficient (Wildman–Crippen LogP) is 2.72. The van der Waals surface area contributed by atoms with Crippen molar-refractivity contribution in [1.29, 1.82) is 0 Å². The largest absolute Gasteiger partial charge is 0.463 e. The van der Waals surface area contributed by atoms with Gasteiger partial charge in [-0.1, -0.05) is 37.3 Å². The van der Waals surface area contributed by atoms with Gasteiger partial charge in [-0.05, 0) is 32.3 Å². The third-order valence-electron chi connectivity index (χ3n) is 6.16. The summed E-state index contributed by atoms with van der Waals surface area (Å²) in [5, 5.41) is 5.94. The minimum Gasteiger partial charge on any atom is -0.463 e. The summed E-state index contributed by atoms with van der Waals surface area (Å²) in [6, 6.07) is 8.66. The molecule has 0 aromatic heterocycles. The van der Waals surface area contributed by atoms with Crippen LogP contribution in [0.15, 0.2) is 41.6 Å². The number of rotatable bonds is 8. The number of benzene rings is 1. The number of likely N-dealkylation sites (N-methyl/N-ethyl adjacent to an activating group) is 1. The second-order valence-electron chi connectivity index (χ2n) is 8.47. The Morgan fingerprint density at radius 3 is 2.53 bits per heavy atom. The molecule has 1 aromatic rings. The average molecular weight is 472 g/mol. The maximum Gasteiger partial charge on any atom is 0.338 e. The van der Waals surface area contributed by atoms with Crippen molar-refractivity contribution < 1.29 is 19.1 Å². The molecule has 1 fully saturated rings. The van der Waals surface area contributed by atoms with Gasteiger partial charge >= 0.3 is 18.0 Å². The maximum absolute atomic E-state index is 13.2. The molecule has 9 nitrogen and oxygen atoms in total. The Morgan fingerprint density at radius 2 is 1.85 bits per heavy atom. The Kier molecular flexibility index (Phi) is 9.33. The molecular weight excluding hydrogens is 434 g/mol. The summed E-state index contributed by atoms with van der Waals surface area (Å²) < 4.78 is 5.44. The molecule has 4 amide bonds. The summed E-state index contributed by atoms with van der Waals surface area (Å²) in [5.74, 6) is -0.416. The topological polar surface area (TPSA) is 94.2 Å². The predicted molar refractivity (Wildman–Crippen MR) is 130 cm³/mol. The summed E-state index contributed by atoms with van der Waals surface area (Å²) in [6.45, 7) is 10.2. The van der Waals surface area contributed by atoms with Crippen LogP contribution in [0.3, 0.4) is 0 Å². The number of hydrogen-bond donors (Lipinski definition) is 2. The number of ether oxygens (including phenoxy) is 1. The van der Waals surface area contributed by atoms with Crippen LogP contribution in [0.2, 0.25) is 0 Å². The highest BCUT2D eigenvalue weighted by molar-refractivity contribution is 5.95. The van der Waals surface area contributed by atoms with Gasteiger partial charge in [0.2, 0.25) is 0 Å². The standard InChI is InChI=1S/C25H37N5O4/c1-4-13-26-24(32)29-15-10-14-28(16-17-29)18-20-21(23(31)34-6-3)22(19-11-8-7-9-12-19)27-25(33)30(20)5-2/h7-9,11-12,22H,4-6,10,13-18H2,1-3H3,(H,26,32)(H,27,33). The number of amides is 4. The van der Waals surface area contributed by atoms with Gasteiger partial charge in [-0.3, -0.25) is 9.80 Å². The van der Waals surface area contributed by atoms with Gasteiger partial charge in [0.05, 0.1) is 18.2 Å². The molecule has 0 saturated carbocycles. The molecule has 0 bridgehead atoms. The molecule has 186 valence electrons. The van der Waals surface area contributed by atoms with E-state index in [2.05, 4.69) is 15.5 Å². The summed E-state index contributed by atoms with van der Waals surface area (Å²) in [5.41, 5.74) is 1.97. The lowest BCUT2D eigenvalue weighted by atomic mass is 9.94. The van der Waals surface area contributed by atoms with Gasteiger partial charge in [0.1, 0.15) is 0 Å². The highest BCUT2D eigenvalue weighted by Gasteiger charge is 2.38. The molecule has 9 heteroatoms. The van der Waals surface area contributed by atoms with Crippen LogP contribution in [0.5, 0.6) is 0 Å². The van der Waals surface area contributed by atoms with E-state index in [1.165, 1.54) is 0 Å². The van der Waals surface area contributed by atoms with Gasteiger partial charge in [0.25, 0.3) is 0 Å². The first-order valence-electron chi connectivity index (χ1n) is 12.3. The quantitative estimate of drug-likeness (QED) is 0.569. The first-order chi connectivity index (χ1) is 16.5. The van der Waals surface area contributed by atoms with Crippen LogP contribution >= 0.6 is 0 Å². The molecule has 2 heterocycles. The van der Waals surface area contributed by atoms with Gasteiger partial charge in [0.15, 0.2) is 0 Å². The minimum atomic E-state index is -0.575. The van der Waals surface area contributed by atoms with Crippen LogP contribution in [0, 0.1) is 0 Å². The van der Waals surface area contributed by atoms with Gasteiger partial charge in [-0.25, -0.2) is 14.4 Å². The molecular formula is C25H37N5O4. The van der Waals surface area contributed by atoms with E-state index < -0.39 is 12.0 Å². The molecule has 2 aliphatic heterocycles. The van der Waals surface area contributed by atoms with Crippen molar-refractivity contribution in [2.24, 2.45) is 0 Å². The molecule has 2 aliphatic rings. The monoisotopic (exact) mass is 471 g/mol. The van der Waals surface area contributed by atoms with E-state index >= 15 is 0 Å². The maximum atomic E-state index is 13.2. The summed E-state index contributed by atoms with van der Waals surface area (Å²) in [6.07, 6.45) is 1.72. The van der Waals surface area contributed by atoms with Crippen molar-refractivity contribution in [3.8, 4) is 0 Å². The number of carbonyl (C=O) groups is 3. The van der Waals surface area contributed by atoms with Crippen molar-refractivity contribution in [1.82, 2.24) is 25.3 Å². The average Bonchev–Trinajstić information content (AvgIpc) is 3.08. The van der Waals surface area contributed by atoms with E-state index in [1.54, 1.807) is 11.8 Å². The zero-order valence-electron chi connectivity index (χ0n) is 20.5. The Balaban J connectivity index is 1.89. The highest BCUT2D eigenvalue weighted by Crippen LogP contribution is 2.32. The van der Waals surface area contributed by atoms with Crippen LogP contribution in [0.1, 0.15) is 45.2 Å². The zero-order valence-corrected chi connectivity index (χ0v) is 20.5. The van der Waals surface area contributed by atoms with Crippen molar-refractivity contribution in [2.45, 2.75) is 39.7 Å². The molecule has 2 N–H and O–H groups in total. The van der Waals surface area contributed by atoms with Crippen LogP contribution in [0.4, 0.5) is 9.59 Å². The zero-order chi connectivity index (χ0) is 24.5. The Morgan fingerprint density at radius 1 is 1.09 bits per heavy atom. The van der Waals surface area contributed by atoms with Crippen molar-refractivity contribution in [2.75, 3.05) is 52.4 Å². The molecule has 0 aliphatic carbocycles. The van der Waals surface area contributed by atoms with E-state index in [9.17, 15) is 14.4 Å². The first-order valence-corrected chi connectivity index (χ1v) is 12.3. The lowest BCUT2D eigenvalue weighted by Crippen LogP contribution is -2.51. The number of nitrogens with zero attached hydrogens (tertiary/aromatic N) is 3. The van der Waals surface area contributed by atoms with E-state index in [0.29, 0.717) is 50.5 Å². The van der Waals surface area contributed by atoms with Crippen LogP contribution in [-0.4, -0.2) is 85.2 Å². The molecule has 1 aromatic carbocycles. The second-order valence-corrected chi connectivity index (χ2v) is 8.47. The molecule has 0 radical (unpaired) electrons. The molecule has 0 spiro atoms. The fraction of sp³-hybridized carbons (Fsp3) is 0.560. The number of carbonyl (C=O) groups excluding carboxylic acids is 3. The number of urea groups is 2. The first kappa shape index (κ1) is 25.6. The Hall–Kier alpha value is -3.07. The van der Waals surface area contributed by atoms with Gasteiger partial charge in [-0.2, -0.15) is 0 Å². The second kappa shape index (κ2) is 12.4. The molecule has 1 atom stereocenters. The SMILES string of the molecule is CCCNC(=O)N1CCCN(CC2=C(C(=O)OCC)C(c3ccccc3)NC(=O)N2CC)CC1. The third kappa shape index (κ3) is 6.08. The normalized spacial score (nSPS) is 19.5. The number of nitrogens with one attached hydrogen (secondary N) is 2. The Bertz CT molecular complexity index is 889. The van der Waals surface area contributed by atoms with Gasteiger partial charge in [-0.15, -0.1) is 0 Å². The minimum absolute atomic E-state index is 0.0356. The van der Waals surface area contributed by atoms with E-state index in [0.717, 1.165) is 24.9 Å². The number of esters is 1. The Labute approximate surface area is 202 Å². The van der Waals surface area contributed by atoms with Crippen LogP contribution < -0.4 is 10.6 Å². The van der Waals surface area contributed by atoms with E-state index in [-0.39, 0.29) is 18.7 Å². The molecule has 3 rings (SSSR count). The third-order valence-corrected chi connectivity index (χ3v) is 6.16. The van der Waals surface area contributed by atoms with Crippen molar-refractivity contribution >= 4 is 18.0 Å². The van der Waals surface area contributed by atoms with Gasteiger partial charge in [0, 0.05) is 51.5 Å². The summed E-state index contributed by atoms with van der Waals surface area (Å²) in [4.78, 5) is 44.3. The molecule has 1 unspecified atom stereocenters. The van der Waals surface area contributed by atoms with E-state index in [1.807, 2.05) is 49.1 Å². The van der Waals surface area contributed by atoms with Gasteiger partial charge < -0.3 is 20.3 Å².